The molecule has 0 aliphatic rings. The number of rotatable bonds is 3. The van der Waals surface area contributed by atoms with Gasteiger partial charge < -0.3 is 10.1 Å². The molecular formula is C13H8BrF3N2O2. The molecule has 8 heteroatoms. The van der Waals surface area contributed by atoms with Crippen LogP contribution < -0.4 is 10.1 Å². The summed E-state index contributed by atoms with van der Waals surface area (Å²) in [6, 6.07) is 9.65. The maximum atomic E-state index is 12.0. The minimum absolute atomic E-state index is 0.181. The lowest BCUT2D eigenvalue weighted by Gasteiger charge is -2.09. The first kappa shape index (κ1) is 15.3. The minimum atomic E-state index is -4.75. The SMILES string of the molecule is O=C(Nc1ccc(OC(F)(F)F)cc1)c1cccc(Br)n1. The van der Waals surface area contributed by atoms with Crippen LogP contribution in [0.15, 0.2) is 47.1 Å². The Morgan fingerprint density at radius 2 is 1.81 bits per heavy atom. The van der Waals surface area contributed by atoms with Crippen LogP contribution in [0.3, 0.4) is 0 Å². The largest absolute Gasteiger partial charge is 0.573 e. The first-order valence-corrected chi connectivity index (χ1v) is 6.42. The average molecular weight is 361 g/mol. The van der Waals surface area contributed by atoms with Gasteiger partial charge in [0.05, 0.1) is 0 Å². The molecular weight excluding hydrogens is 353 g/mol. The number of hydrogen-bond donors (Lipinski definition) is 1. The number of hydrogen-bond acceptors (Lipinski definition) is 3. The van der Waals surface area contributed by atoms with Gasteiger partial charge in [-0.05, 0) is 52.3 Å². The number of benzene rings is 1. The number of pyridine rings is 1. The van der Waals surface area contributed by atoms with Crippen LogP contribution in [0.1, 0.15) is 10.5 Å². The van der Waals surface area contributed by atoms with Crippen molar-refractivity contribution in [2.75, 3.05) is 5.32 Å². The summed E-state index contributed by atoms with van der Waals surface area (Å²) in [5, 5.41) is 2.52. The van der Waals surface area contributed by atoms with E-state index in [1.165, 1.54) is 18.2 Å². The van der Waals surface area contributed by atoms with Crippen LogP contribution in [0.4, 0.5) is 18.9 Å². The van der Waals surface area contributed by atoms with Gasteiger partial charge in [-0.3, -0.25) is 4.79 Å². The van der Waals surface area contributed by atoms with Crippen molar-refractivity contribution in [1.29, 1.82) is 0 Å². The molecule has 0 spiro atoms. The monoisotopic (exact) mass is 360 g/mol. The van der Waals surface area contributed by atoms with Crippen LogP contribution in [-0.4, -0.2) is 17.3 Å². The third kappa shape index (κ3) is 4.75. The van der Waals surface area contributed by atoms with E-state index in [-0.39, 0.29) is 11.4 Å². The fourth-order valence-corrected chi connectivity index (χ4v) is 1.81. The van der Waals surface area contributed by atoms with Gasteiger partial charge in [-0.15, -0.1) is 13.2 Å². The van der Waals surface area contributed by atoms with Gasteiger partial charge in [0.2, 0.25) is 0 Å². The molecule has 110 valence electrons. The molecule has 0 unspecified atom stereocenters. The number of amides is 1. The zero-order chi connectivity index (χ0) is 15.5. The highest BCUT2D eigenvalue weighted by atomic mass is 79.9. The maximum absolute atomic E-state index is 12.0. The standard InChI is InChI=1S/C13H8BrF3N2O2/c14-11-3-1-2-10(19-11)12(20)18-8-4-6-9(7-5-8)21-13(15,16)17/h1-7H,(H,18,20). The summed E-state index contributed by atoms with van der Waals surface area (Å²) in [6.45, 7) is 0. The Kier molecular flexibility index (Phi) is 4.46. The summed E-state index contributed by atoms with van der Waals surface area (Å²) in [5.74, 6) is -0.832. The van der Waals surface area contributed by atoms with Gasteiger partial charge in [0, 0.05) is 5.69 Å². The maximum Gasteiger partial charge on any atom is 0.573 e. The molecule has 1 aromatic heterocycles. The van der Waals surface area contributed by atoms with E-state index in [1.54, 1.807) is 12.1 Å². The van der Waals surface area contributed by atoms with E-state index in [0.717, 1.165) is 12.1 Å². The number of aromatic nitrogens is 1. The quantitative estimate of drug-likeness (QED) is 0.841. The molecule has 0 aliphatic heterocycles. The lowest BCUT2D eigenvalue weighted by molar-refractivity contribution is -0.274. The fourth-order valence-electron chi connectivity index (χ4n) is 1.47. The molecule has 0 aliphatic carbocycles. The average Bonchev–Trinajstić information content (AvgIpc) is 2.39. The molecule has 4 nitrogen and oxygen atoms in total. The molecule has 0 saturated carbocycles. The van der Waals surface area contributed by atoms with Gasteiger partial charge in [-0.1, -0.05) is 6.07 Å². The molecule has 0 bridgehead atoms. The Morgan fingerprint density at radius 1 is 1.14 bits per heavy atom. The lowest BCUT2D eigenvalue weighted by Crippen LogP contribution is -2.17. The van der Waals surface area contributed by atoms with E-state index in [9.17, 15) is 18.0 Å². The summed E-state index contributed by atoms with van der Waals surface area (Å²) < 4.78 is 40.3. The second-order valence-corrected chi connectivity index (χ2v) is 4.68. The van der Waals surface area contributed by atoms with Crippen molar-refractivity contribution < 1.29 is 22.7 Å². The van der Waals surface area contributed by atoms with E-state index in [1.807, 2.05) is 0 Å². The van der Waals surface area contributed by atoms with Gasteiger partial charge >= 0.3 is 6.36 Å². The van der Waals surface area contributed by atoms with Crippen molar-refractivity contribution in [3.05, 3.63) is 52.8 Å². The summed E-state index contributed by atoms with van der Waals surface area (Å²) in [7, 11) is 0. The van der Waals surface area contributed by atoms with Crippen LogP contribution in [-0.2, 0) is 0 Å². The number of anilines is 1. The van der Waals surface area contributed by atoms with Crippen LogP contribution in [0.25, 0.3) is 0 Å². The fraction of sp³-hybridized carbons (Fsp3) is 0.0769. The third-order valence-electron chi connectivity index (χ3n) is 2.29. The van der Waals surface area contributed by atoms with Crippen molar-refractivity contribution in [3.8, 4) is 5.75 Å². The van der Waals surface area contributed by atoms with Gasteiger partial charge in [0.15, 0.2) is 0 Å². The summed E-state index contributed by atoms with van der Waals surface area (Å²) >= 11 is 3.14. The number of nitrogens with zero attached hydrogens (tertiary/aromatic N) is 1. The highest BCUT2D eigenvalue weighted by Gasteiger charge is 2.30. The first-order chi connectivity index (χ1) is 9.83. The van der Waals surface area contributed by atoms with Crippen molar-refractivity contribution in [2.45, 2.75) is 6.36 Å². The smallest absolute Gasteiger partial charge is 0.406 e. The number of nitrogens with one attached hydrogen (secondary N) is 1. The van der Waals surface area contributed by atoms with Crippen LogP contribution in [0.5, 0.6) is 5.75 Å². The van der Waals surface area contributed by atoms with E-state index in [2.05, 4.69) is 31.0 Å². The topological polar surface area (TPSA) is 51.2 Å². The zero-order valence-electron chi connectivity index (χ0n) is 10.3. The molecule has 2 rings (SSSR count). The highest BCUT2D eigenvalue weighted by molar-refractivity contribution is 9.10. The van der Waals surface area contributed by atoms with E-state index < -0.39 is 12.3 Å². The summed E-state index contributed by atoms with van der Waals surface area (Å²) in [4.78, 5) is 15.8. The van der Waals surface area contributed by atoms with Crippen LogP contribution in [0.2, 0.25) is 0 Å². The Labute approximate surface area is 126 Å². The van der Waals surface area contributed by atoms with E-state index in [0.29, 0.717) is 10.3 Å². The Morgan fingerprint density at radius 3 is 2.38 bits per heavy atom. The molecule has 1 aromatic carbocycles. The molecule has 1 amide bonds. The number of halogens is 4. The minimum Gasteiger partial charge on any atom is -0.406 e. The molecule has 0 radical (unpaired) electrons. The third-order valence-corrected chi connectivity index (χ3v) is 2.74. The highest BCUT2D eigenvalue weighted by Crippen LogP contribution is 2.24. The molecule has 1 heterocycles. The number of ether oxygens (including phenoxy) is 1. The zero-order valence-corrected chi connectivity index (χ0v) is 11.9. The lowest BCUT2D eigenvalue weighted by atomic mass is 10.3. The van der Waals surface area contributed by atoms with Crippen LogP contribution in [0, 0.1) is 0 Å². The molecule has 0 saturated heterocycles. The second kappa shape index (κ2) is 6.13. The van der Waals surface area contributed by atoms with E-state index in [4.69, 9.17) is 0 Å². The predicted octanol–water partition coefficient (Wildman–Crippen LogP) is 4.00. The Hall–Kier alpha value is -2.09. The number of alkyl halides is 3. The van der Waals surface area contributed by atoms with Gasteiger partial charge in [-0.2, -0.15) is 0 Å². The Balaban J connectivity index is 2.05. The van der Waals surface area contributed by atoms with Crippen LogP contribution >= 0.6 is 15.9 Å². The molecule has 0 fully saturated rings. The van der Waals surface area contributed by atoms with Crippen molar-refractivity contribution in [2.24, 2.45) is 0 Å². The van der Waals surface area contributed by atoms with Crippen molar-refractivity contribution >= 4 is 27.5 Å². The molecule has 0 atom stereocenters. The van der Waals surface area contributed by atoms with Crippen molar-refractivity contribution in [3.63, 3.8) is 0 Å². The van der Waals surface area contributed by atoms with Gasteiger partial charge in [-0.25, -0.2) is 4.98 Å². The molecule has 21 heavy (non-hydrogen) atoms. The summed E-state index contributed by atoms with van der Waals surface area (Å²) in [6.07, 6.45) is -4.75. The number of carbonyl (C=O) groups excluding carboxylic acids is 1. The van der Waals surface area contributed by atoms with E-state index >= 15 is 0 Å². The predicted molar refractivity (Wildman–Crippen MR) is 73.0 cm³/mol. The number of carbonyl (C=O) groups is 1. The molecule has 2 aromatic rings. The van der Waals surface area contributed by atoms with Gasteiger partial charge in [0.1, 0.15) is 16.0 Å². The van der Waals surface area contributed by atoms with Gasteiger partial charge in [0.25, 0.3) is 5.91 Å². The summed E-state index contributed by atoms with van der Waals surface area (Å²) in [5.41, 5.74) is 0.510. The Bertz CT molecular complexity index is 645. The van der Waals surface area contributed by atoms with Crippen molar-refractivity contribution in [1.82, 2.24) is 4.98 Å². The second-order valence-electron chi connectivity index (χ2n) is 3.87. The molecule has 1 N–H and O–H groups in total. The first-order valence-electron chi connectivity index (χ1n) is 5.63. The normalized spacial score (nSPS) is 11.0.